The molecule has 1 heterocycles. The first-order chi connectivity index (χ1) is 4.43. The quantitative estimate of drug-likeness (QED) is 0.531. The van der Waals surface area contributed by atoms with Crippen LogP contribution >= 0.6 is 0 Å². The lowest BCUT2D eigenvalue weighted by Gasteiger charge is -2.23. The molecule has 0 spiro atoms. The molecule has 0 radical (unpaired) electrons. The molecule has 54 valence electrons. The van der Waals surface area contributed by atoms with E-state index in [1.54, 1.807) is 0 Å². The van der Waals surface area contributed by atoms with Crippen molar-refractivity contribution in [2.45, 2.75) is 13.0 Å². The summed E-state index contributed by atoms with van der Waals surface area (Å²) in [5, 5.41) is 6.43. The van der Waals surface area contributed by atoms with Gasteiger partial charge >= 0.3 is 0 Å². The Bertz CT molecular complexity index is 68.7. The number of ether oxygens (including phenoxy) is 1. The third-order valence-electron chi connectivity index (χ3n) is 1.41. The standard InChI is InChI=1S/C6H14N2O/c1-2-8-6-3-7-5-9-4-6/h6-8H,2-5H2,1H3. The summed E-state index contributed by atoms with van der Waals surface area (Å²) < 4.78 is 5.16. The molecule has 0 bridgehead atoms. The molecule has 1 rings (SSSR count). The molecule has 1 saturated heterocycles. The minimum Gasteiger partial charge on any atom is -0.365 e. The number of hydrogen-bond acceptors (Lipinski definition) is 3. The normalized spacial score (nSPS) is 28.3. The van der Waals surface area contributed by atoms with E-state index in [0.29, 0.717) is 12.8 Å². The molecule has 0 aromatic heterocycles. The molecule has 9 heavy (non-hydrogen) atoms. The lowest BCUT2D eigenvalue weighted by atomic mass is 10.3. The maximum absolute atomic E-state index is 5.16. The summed E-state index contributed by atoms with van der Waals surface area (Å²) in [4.78, 5) is 0. The lowest BCUT2D eigenvalue weighted by molar-refractivity contribution is 0.0612. The zero-order chi connectivity index (χ0) is 6.53. The SMILES string of the molecule is CCNC1CNCOC1. The van der Waals surface area contributed by atoms with Crippen LogP contribution in [0.4, 0.5) is 0 Å². The Balaban J connectivity index is 2.08. The van der Waals surface area contributed by atoms with Crippen molar-refractivity contribution in [1.29, 1.82) is 0 Å². The van der Waals surface area contributed by atoms with E-state index in [0.717, 1.165) is 19.7 Å². The van der Waals surface area contributed by atoms with Crippen LogP contribution in [-0.2, 0) is 4.74 Å². The molecule has 3 heteroatoms. The Morgan fingerprint density at radius 2 is 2.67 bits per heavy atom. The number of rotatable bonds is 2. The Kier molecular flexibility index (Phi) is 2.97. The predicted molar refractivity (Wildman–Crippen MR) is 36.3 cm³/mol. The van der Waals surface area contributed by atoms with Crippen LogP contribution in [0, 0.1) is 0 Å². The maximum Gasteiger partial charge on any atom is 0.0966 e. The van der Waals surface area contributed by atoms with Crippen LogP contribution in [0.1, 0.15) is 6.92 Å². The molecule has 3 nitrogen and oxygen atoms in total. The first-order valence-corrected chi connectivity index (χ1v) is 3.45. The van der Waals surface area contributed by atoms with Crippen LogP contribution in [0.3, 0.4) is 0 Å². The van der Waals surface area contributed by atoms with E-state index in [1.165, 1.54) is 0 Å². The molecule has 1 unspecified atom stereocenters. The van der Waals surface area contributed by atoms with Crippen LogP contribution in [0.25, 0.3) is 0 Å². The maximum atomic E-state index is 5.16. The summed E-state index contributed by atoms with van der Waals surface area (Å²) in [6.07, 6.45) is 0. The summed E-state index contributed by atoms with van der Waals surface area (Å²) in [5.74, 6) is 0. The minimum absolute atomic E-state index is 0.517. The molecule has 1 atom stereocenters. The van der Waals surface area contributed by atoms with Crippen molar-refractivity contribution in [2.24, 2.45) is 0 Å². The largest absolute Gasteiger partial charge is 0.365 e. The summed E-state index contributed by atoms with van der Waals surface area (Å²) >= 11 is 0. The minimum atomic E-state index is 0.517. The molecule has 2 N–H and O–H groups in total. The highest BCUT2D eigenvalue weighted by atomic mass is 16.5. The van der Waals surface area contributed by atoms with Crippen molar-refractivity contribution in [2.75, 3.05) is 26.4 Å². The van der Waals surface area contributed by atoms with Gasteiger partial charge in [-0.15, -0.1) is 0 Å². The molecule has 0 saturated carbocycles. The Morgan fingerprint density at radius 3 is 3.22 bits per heavy atom. The van der Waals surface area contributed by atoms with Crippen molar-refractivity contribution in [3.8, 4) is 0 Å². The first-order valence-electron chi connectivity index (χ1n) is 3.45. The smallest absolute Gasteiger partial charge is 0.0966 e. The summed E-state index contributed by atoms with van der Waals surface area (Å²) in [7, 11) is 0. The van der Waals surface area contributed by atoms with E-state index in [4.69, 9.17) is 4.74 Å². The van der Waals surface area contributed by atoms with Crippen molar-refractivity contribution in [3.05, 3.63) is 0 Å². The molecule has 0 aliphatic carbocycles. The average molecular weight is 130 g/mol. The van der Waals surface area contributed by atoms with Crippen LogP contribution in [-0.4, -0.2) is 32.5 Å². The fraction of sp³-hybridized carbons (Fsp3) is 1.00. The van der Waals surface area contributed by atoms with Crippen LogP contribution in [0.15, 0.2) is 0 Å². The molecule has 0 amide bonds. The van der Waals surface area contributed by atoms with Gasteiger partial charge < -0.3 is 10.1 Å². The fourth-order valence-electron chi connectivity index (χ4n) is 0.985. The lowest BCUT2D eigenvalue weighted by Crippen LogP contribution is -2.47. The van der Waals surface area contributed by atoms with Gasteiger partial charge in [0.1, 0.15) is 0 Å². The highest BCUT2D eigenvalue weighted by molar-refractivity contribution is 4.69. The topological polar surface area (TPSA) is 33.3 Å². The van der Waals surface area contributed by atoms with Crippen molar-refractivity contribution in [3.63, 3.8) is 0 Å². The van der Waals surface area contributed by atoms with Crippen LogP contribution in [0.2, 0.25) is 0 Å². The number of hydrogen-bond donors (Lipinski definition) is 2. The molecule has 0 aromatic rings. The van der Waals surface area contributed by atoms with Gasteiger partial charge in [0.15, 0.2) is 0 Å². The Hall–Kier alpha value is -0.120. The predicted octanol–water partition coefficient (Wildman–Crippen LogP) is -0.458. The van der Waals surface area contributed by atoms with Crippen LogP contribution < -0.4 is 10.6 Å². The second-order valence-corrected chi connectivity index (χ2v) is 2.22. The van der Waals surface area contributed by atoms with Crippen molar-refractivity contribution < 1.29 is 4.74 Å². The Morgan fingerprint density at radius 1 is 1.78 bits per heavy atom. The first kappa shape index (κ1) is 6.99. The zero-order valence-electron chi connectivity index (χ0n) is 5.81. The summed E-state index contributed by atoms with van der Waals surface area (Å²) in [6, 6.07) is 0.517. The van der Waals surface area contributed by atoms with Gasteiger partial charge in [0.2, 0.25) is 0 Å². The van der Waals surface area contributed by atoms with E-state index in [-0.39, 0.29) is 0 Å². The Labute approximate surface area is 55.8 Å². The third-order valence-corrected chi connectivity index (χ3v) is 1.41. The van der Waals surface area contributed by atoms with Gasteiger partial charge in [0.25, 0.3) is 0 Å². The van der Waals surface area contributed by atoms with Gasteiger partial charge in [-0.3, -0.25) is 5.32 Å². The zero-order valence-corrected chi connectivity index (χ0v) is 5.81. The monoisotopic (exact) mass is 130 g/mol. The molecule has 0 aromatic carbocycles. The van der Waals surface area contributed by atoms with E-state index in [2.05, 4.69) is 17.6 Å². The van der Waals surface area contributed by atoms with Crippen molar-refractivity contribution in [1.82, 2.24) is 10.6 Å². The van der Waals surface area contributed by atoms with Crippen molar-refractivity contribution >= 4 is 0 Å². The number of nitrogens with one attached hydrogen (secondary N) is 2. The van der Waals surface area contributed by atoms with Gasteiger partial charge in [-0.2, -0.15) is 0 Å². The second-order valence-electron chi connectivity index (χ2n) is 2.22. The highest BCUT2D eigenvalue weighted by Crippen LogP contribution is 1.88. The molecule has 1 aliphatic rings. The van der Waals surface area contributed by atoms with E-state index >= 15 is 0 Å². The third kappa shape index (κ3) is 2.30. The highest BCUT2D eigenvalue weighted by Gasteiger charge is 2.09. The van der Waals surface area contributed by atoms with Gasteiger partial charge in [-0.1, -0.05) is 6.92 Å². The molecule has 1 fully saturated rings. The fourth-order valence-corrected chi connectivity index (χ4v) is 0.985. The number of likely N-dealkylation sites (N-methyl/N-ethyl adjacent to an activating group) is 1. The summed E-state index contributed by atoms with van der Waals surface area (Å²) in [5.41, 5.74) is 0. The van der Waals surface area contributed by atoms with Crippen LogP contribution in [0.5, 0.6) is 0 Å². The second kappa shape index (κ2) is 3.82. The molecular formula is C6H14N2O. The van der Waals surface area contributed by atoms with E-state index in [1.807, 2.05) is 0 Å². The average Bonchev–Trinajstić information content (AvgIpc) is 1.91. The van der Waals surface area contributed by atoms with E-state index < -0.39 is 0 Å². The van der Waals surface area contributed by atoms with Gasteiger partial charge in [0.05, 0.1) is 13.3 Å². The summed E-state index contributed by atoms with van der Waals surface area (Å²) in [6.45, 7) is 5.72. The molecule has 1 aliphatic heterocycles. The van der Waals surface area contributed by atoms with Gasteiger partial charge in [-0.05, 0) is 6.54 Å². The van der Waals surface area contributed by atoms with Gasteiger partial charge in [-0.25, -0.2) is 0 Å². The van der Waals surface area contributed by atoms with Gasteiger partial charge in [0, 0.05) is 12.6 Å². The molecular weight excluding hydrogens is 116 g/mol. The van der Waals surface area contributed by atoms with E-state index in [9.17, 15) is 0 Å².